The van der Waals surface area contributed by atoms with E-state index in [1.165, 1.54) is 12.1 Å². The predicted octanol–water partition coefficient (Wildman–Crippen LogP) is 4.69. The maximum absolute atomic E-state index is 13.0. The van der Waals surface area contributed by atoms with E-state index >= 15 is 0 Å². The fourth-order valence-corrected chi connectivity index (χ4v) is 3.28. The topological polar surface area (TPSA) is 111 Å². The van der Waals surface area contributed by atoms with Crippen LogP contribution in [-0.4, -0.2) is 23.0 Å². The molecule has 170 valence electrons. The molecule has 0 bridgehead atoms. The Hall–Kier alpha value is -4.20. The summed E-state index contributed by atoms with van der Waals surface area (Å²) in [4.78, 5) is 35.9. The third-order valence-corrected chi connectivity index (χ3v) is 5.05. The van der Waals surface area contributed by atoms with Gasteiger partial charge in [-0.2, -0.15) is 0 Å². The fraction of sp³-hybridized carbons (Fsp3) is 0.200. The van der Waals surface area contributed by atoms with E-state index < -0.39 is 23.0 Å². The number of amides is 2. The number of carbonyl (C=O) groups is 2. The van der Waals surface area contributed by atoms with Gasteiger partial charge in [-0.1, -0.05) is 60.2 Å². The first-order valence-corrected chi connectivity index (χ1v) is 10.4. The molecule has 0 spiro atoms. The van der Waals surface area contributed by atoms with Crippen LogP contribution in [0.3, 0.4) is 0 Å². The molecule has 2 amide bonds. The van der Waals surface area contributed by atoms with Gasteiger partial charge >= 0.3 is 6.09 Å². The van der Waals surface area contributed by atoms with E-state index in [0.29, 0.717) is 11.3 Å². The molecule has 0 saturated carbocycles. The minimum Gasteiger partial charge on any atom is -0.445 e. The highest BCUT2D eigenvalue weighted by Gasteiger charge is 2.23. The van der Waals surface area contributed by atoms with Crippen LogP contribution in [0.1, 0.15) is 22.3 Å². The van der Waals surface area contributed by atoms with Gasteiger partial charge in [0.1, 0.15) is 12.6 Å². The number of ether oxygens (including phenoxy) is 1. The van der Waals surface area contributed by atoms with Gasteiger partial charge < -0.3 is 15.4 Å². The van der Waals surface area contributed by atoms with Crippen molar-refractivity contribution in [2.45, 2.75) is 32.9 Å². The Balaban J connectivity index is 1.73. The molecule has 0 unspecified atom stereocenters. The molecule has 0 aliphatic heterocycles. The second kappa shape index (κ2) is 10.9. The third-order valence-electron chi connectivity index (χ3n) is 5.05. The Labute approximate surface area is 191 Å². The summed E-state index contributed by atoms with van der Waals surface area (Å²) in [6.45, 7) is 3.91. The van der Waals surface area contributed by atoms with Crippen LogP contribution in [0.5, 0.6) is 0 Å². The van der Waals surface area contributed by atoms with Crippen molar-refractivity contribution in [3.05, 3.63) is 105 Å². The summed E-state index contributed by atoms with van der Waals surface area (Å²) in [5.41, 5.74) is 4.02. The summed E-state index contributed by atoms with van der Waals surface area (Å²) in [5, 5.41) is 16.4. The molecule has 8 heteroatoms. The average Bonchev–Trinajstić information content (AvgIpc) is 2.80. The molecule has 3 rings (SSSR count). The second-order valence-electron chi connectivity index (χ2n) is 7.69. The maximum Gasteiger partial charge on any atom is 0.408 e. The lowest BCUT2D eigenvalue weighted by Gasteiger charge is -2.19. The molecule has 2 N–H and O–H groups in total. The number of alkyl carbamates (subject to hydrolysis) is 1. The number of rotatable bonds is 8. The zero-order valence-corrected chi connectivity index (χ0v) is 18.4. The first kappa shape index (κ1) is 23.5. The van der Waals surface area contributed by atoms with Crippen LogP contribution < -0.4 is 10.6 Å². The van der Waals surface area contributed by atoms with Crippen LogP contribution in [0.15, 0.2) is 72.8 Å². The van der Waals surface area contributed by atoms with E-state index in [4.69, 9.17) is 4.74 Å². The molecule has 33 heavy (non-hydrogen) atoms. The number of nitrogens with zero attached hydrogens (tertiary/aromatic N) is 1. The lowest BCUT2D eigenvalue weighted by atomic mass is 10.0. The van der Waals surface area contributed by atoms with Crippen LogP contribution in [0, 0.1) is 24.0 Å². The molecule has 1 atom stereocenters. The van der Waals surface area contributed by atoms with E-state index in [1.807, 2.05) is 56.3 Å². The number of non-ortho nitro benzene ring substituents is 1. The molecular weight excluding hydrogens is 422 g/mol. The Morgan fingerprint density at radius 1 is 0.970 bits per heavy atom. The summed E-state index contributed by atoms with van der Waals surface area (Å²) < 4.78 is 5.27. The van der Waals surface area contributed by atoms with Gasteiger partial charge in [-0.15, -0.1) is 0 Å². The summed E-state index contributed by atoms with van der Waals surface area (Å²) in [7, 11) is 0. The second-order valence-corrected chi connectivity index (χ2v) is 7.69. The lowest BCUT2D eigenvalue weighted by molar-refractivity contribution is -0.384. The van der Waals surface area contributed by atoms with Crippen LogP contribution in [0.25, 0.3) is 0 Å². The molecule has 0 heterocycles. The lowest BCUT2D eigenvalue weighted by Crippen LogP contribution is -2.45. The zero-order valence-electron chi connectivity index (χ0n) is 18.4. The highest BCUT2D eigenvalue weighted by atomic mass is 16.6. The standard InChI is InChI=1S/C25H25N3O5/c1-17-8-13-22(18(2)14-17)26-24(29)23(15-19-9-11-21(12-10-19)28(31)32)27-25(30)33-16-20-6-4-3-5-7-20/h3-14,23H,15-16H2,1-2H3,(H,26,29)(H,27,30)/t23-/m0/s1. The first-order chi connectivity index (χ1) is 15.8. The van der Waals surface area contributed by atoms with Gasteiger partial charge in [0.05, 0.1) is 4.92 Å². The number of anilines is 1. The highest BCUT2D eigenvalue weighted by Crippen LogP contribution is 2.18. The molecule has 0 aliphatic rings. The van der Waals surface area contributed by atoms with Crippen molar-refractivity contribution < 1.29 is 19.2 Å². The van der Waals surface area contributed by atoms with Gasteiger partial charge in [-0.3, -0.25) is 14.9 Å². The number of carbonyl (C=O) groups excluding carboxylic acids is 2. The maximum atomic E-state index is 13.0. The van der Waals surface area contributed by atoms with E-state index in [1.54, 1.807) is 18.2 Å². The van der Waals surface area contributed by atoms with Crippen molar-refractivity contribution in [1.82, 2.24) is 5.32 Å². The number of nitro benzene ring substituents is 1. The van der Waals surface area contributed by atoms with Crippen LogP contribution in [0.2, 0.25) is 0 Å². The molecule has 8 nitrogen and oxygen atoms in total. The Morgan fingerprint density at radius 2 is 1.67 bits per heavy atom. The number of hydrogen-bond donors (Lipinski definition) is 2. The Bertz CT molecular complexity index is 1130. The van der Waals surface area contributed by atoms with E-state index in [0.717, 1.165) is 16.7 Å². The van der Waals surface area contributed by atoms with Gasteiger partial charge in [-0.25, -0.2) is 4.79 Å². The molecule has 0 radical (unpaired) electrons. The average molecular weight is 447 g/mol. The van der Waals surface area contributed by atoms with Gasteiger partial charge in [0.25, 0.3) is 5.69 Å². The highest BCUT2D eigenvalue weighted by molar-refractivity contribution is 5.97. The normalized spacial score (nSPS) is 11.3. The van der Waals surface area contributed by atoms with Crippen molar-refractivity contribution in [2.24, 2.45) is 0 Å². The number of nitrogens with one attached hydrogen (secondary N) is 2. The molecule has 0 aromatic heterocycles. The fourth-order valence-electron chi connectivity index (χ4n) is 3.28. The van der Waals surface area contributed by atoms with Crippen LogP contribution >= 0.6 is 0 Å². The van der Waals surface area contributed by atoms with Crippen LogP contribution in [-0.2, 0) is 22.6 Å². The van der Waals surface area contributed by atoms with Crippen molar-refractivity contribution in [1.29, 1.82) is 0 Å². The molecule has 0 saturated heterocycles. The van der Waals surface area contributed by atoms with Gasteiger partial charge in [0.15, 0.2) is 0 Å². The van der Waals surface area contributed by atoms with Gasteiger partial charge in [0.2, 0.25) is 5.91 Å². The van der Waals surface area contributed by atoms with Crippen molar-refractivity contribution in [2.75, 3.05) is 5.32 Å². The van der Waals surface area contributed by atoms with E-state index in [2.05, 4.69) is 10.6 Å². The number of hydrogen-bond acceptors (Lipinski definition) is 5. The summed E-state index contributed by atoms with van der Waals surface area (Å²) >= 11 is 0. The quantitative estimate of drug-likeness (QED) is 0.385. The minimum atomic E-state index is -0.949. The molecule has 3 aromatic rings. The molecule has 0 fully saturated rings. The van der Waals surface area contributed by atoms with Crippen molar-refractivity contribution in [3.63, 3.8) is 0 Å². The summed E-state index contributed by atoms with van der Waals surface area (Å²) in [5.74, 6) is -0.419. The molecule has 3 aromatic carbocycles. The number of nitro groups is 1. The largest absolute Gasteiger partial charge is 0.445 e. The third kappa shape index (κ3) is 6.90. The minimum absolute atomic E-state index is 0.0507. The summed E-state index contributed by atoms with van der Waals surface area (Å²) in [6.07, 6.45) is -0.601. The SMILES string of the molecule is Cc1ccc(NC(=O)[C@H](Cc2ccc([N+](=O)[O-])cc2)NC(=O)OCc2ccccc2)c(C)c1. The smallest absolute Gasteiger partial charge is 0.408 e. The molecule has 0 aliphatic carbocycles. The Morgan fingerprint density at radius 3 is 2.30 bits per heavy atom. The van der Waals surface area contributed by atoms with Crippen molar-refractivity contribution in [3.8, 4) is 0 Å². The van der Waals surface area contributed by atoms with Crippen LogP contribution in [0.4, 0.5) is 16.2 Å². The predicted molar refractivity (Wildman–Crippen MR) is 125 cm³/mol. The van der Waals surface area contributed by atoms with Crippen molar-refractivity contribution >= 4 is 23.4 Å². The molecular formula is C25H25N3O5. The summed E-state index contributed by atoms with van der Waals surface area (Å²) in [6, 6.07) is 19.7. The first-order valence-electron chi connectivity index (χ1n) is 10.4. The van der Waals surface area contributed by atoms with E-state index in [-0.39, 0.29) is 18.7 Å². The van der Waals surface area contributed by atoms with E-state index in [9.17, 15) is 19.7 Å². The number of benzene rings is 3. The number of aryl methyl sites for hydroxylation is 2. The van der Waals surface area contributed by atoms with Gasteiger partial charge in [0, 0.05) is 24.2 Å². The van der Waals surface area contributed by atoms with Gasteiger partial charge in [-0.05, 0) is 36.6 Å². The monoisotopic (exact) mass is 447 g/mol. The zero-order chi connectivity index (χ0) is 23.8. The Kier molecular flexibility index (Phi) is 7.75.